The Kier molecular flexibility index (Phi) is 6.71. The number of rotatable bonds is 7. The second-order valence-electron chi connectivity index (χ2n) is 6.87. The van der Waals surface area contributed by atoms with Gasteiger partial charge in [-0.2, -0.15) is 0 Å². The molecule has 0 aliphatic heterocycles. The normalized spacial score (nSPS) is 11.2. The minimum atomic E-state index is -0.509. The monoisotopic (exact) mass is 400 g/mol. The number of ether oxygens (including phenoxy) is 1. The largest absolute Gasteiger partial charge is 0.468 e. The maximum Gasteiger partial charge on any atom is 0.325 e. The van der Waals surface area contributed by atoms with Crippen LogP contribution in [-0.2, 0) is 16.0 Å². The summed E-state index contributed by atoms with van der Waals surface area (Å²) in [4.78, 5) is 28.9. The van der Waals surface area contributed by atoms with Gasteiger partial charge in [-0.05, 0) is 48.2 Å². The number of nitrogens with one attached hydrogen (secondary N) is 1. The average Bonchev–Trinajstić information content (AvgIpc) is 3.19. The van der Waals surface area contributed by atoms with Crippen LogP contribution in [0.3, 0.4) is 0 Å². The first-order valence-corrected chi connectivity index (χ1v) is 9.67. The molecule has 3 rings (SSSR count). The minimum absolute atomic E-state index is 0.0381. The van der Waals surface area contributed by atoms with Crippen molar-refractivity contribution in [2.75, 3.05) is 20.2 Å². The molecular weight excluding hydrogens is 376 g/mol. The van der Waals surface area contributed by atoms with Crippen LogP contribution >= 0.6 is 0 Å². The maximum atomic E-state index is 12.7. The molecule has 0 bridgehead atoms. The fourth-order valence-electron chi connectivity index (χ4n) is 3.39. The third-order valence-electron chi connectivity index (χ3n) is 5.02. The first-order valence-electron chi connectivity index (χ1n) is 9.67. The van der Waals surface area contributed by atoms with Crippen molar-refractivity contribution in [1.82, 2.24) is 9.88 Å². The number of aromatic nitrogens is 1. The number of H-pyrrole nitrogens is 1. The van der Waals surface area contributed by atoms with Crippen LogP contribution in [0.15, 0.2) is 60.8 Å². The predicted molar refractivity (Wildman–Crippen MR) is 119 cm³/mol. The van der Waals surface area contributed by atoms with Crippen molar-refractivity contribution in [3.8, 4) is 12.3 Å². The van der Waals surface area contributed by atoms with E-state index in [1.807, 2.05) is 37.4 Å². The van der Waals surface area contributed by atoms with Crippen LogP contribution in [0.5, 0.6) is 0 Å². The number of benzene rings is 2. The van der Waals surface area contributed by atoms with E-state index in [0.717, 1.165) is 23.1 Å². The quantitative estimate of drug-likeness (QED) is 0.481. The van der Waals surface area contributed by atoms with Crippen LogP contribution in [-0.4, -0.2) is 42.0 Å². The highest BCUT2D eigenvalue weighted by molar-refractivity contribution is 5.96. The lowest BCUT2D eigenvalue weighted by atomic mass is 9.96. The summed E-state index contributed by atoms with van der Waals surface area (Å²) in [6.07, 6.45) is 10.2. The molecule has 0 atom stereocenters. The number of hydrogen-bond donors (Lipinski definition) is 1. The van der Waals surface area contributed by atoms with Gasteiger partial charge in [0, 0.05) is 22.7 Å². The van der Waals surface area contributed by atoms with E-state index in [2.05, 4.69) is 33.9 Å². The molecule has 1 aromatic heterocycles. The lowest BCUT2D eigenvalue weighted by Crippen LogP contribution is -2.36. The van der Waals surface area contributed by atoms with E-state index in [1.165, 1.54) is 23.0 Å². The lowest BCUT2D eigenvalue weighted by Gasteiger charge is -2.19. The molecule has 30 heavy (non-hydrogen) atoms. The predicted octanol–water partition coefficient (Wildman–Crippen LogP) is 4.06. The molecule has 0 radical (unpaired) electrons. The number of aromatic amines is 1. The van der Waals surface area contributed by atoms with Crippen molar-refractivity contribution < 1.29 is 14.3 Å². The molecule has 5 nitrogen and oxygen atoms in total. The Bertz CT molecular complexity index is 1120. The second kappa shape index (κ2) is 9.62. The standard InChI is InChI=1S/C25H24N2O3/c1-4-14-27(17-24(28)30-3)25(29)20-12-10-19(11-13-20)18(5-2)15-21-16-26-23-9-7-6-8-22(21)23/h1,5-13,16,26H,14-15,17H2,2-3H3/b18-5-. The summed E-state index contributed by atoms with van der Waals surface area (Å²) in [6.45, 7) is 1.87. The smallest absolute Gasteiger partial charge is 0.325 e. The Hall–Kier alpha value is -3.78. The first-order chi connectivity index (χ1) is 14.6. The maximum absolute atomic E-state index is 12.7. The van der Waals surface area contributed by atoms with E-state index in [-0.39, 0.29) is 19.0 Å². The zero-order valence-electron chi connectivity index (χ0n) is 17.1. The van der Waals surface area contributed by atoms with Gasteiger partial charge in [0.15, 0.2) is 0 Å². The van der Waals surface area contributed by atoms with Gasteiger partial charge in [-0.25, -0.2) is 0 Å². The van der Waals surface area contributed by atoms with E-state index in [9.17, 15) is 9.59 Å². The zero-order valence-corrected chi connectivity index (χ0v) is 17.1. The van der Waals surface area contributed by atoms with E-state index in [0.29, 0.717) is 5.56 Å². The van der Waals surface area contributed by atoms with Crippen molar-refractivity contribution >= 4 is 28.4 Å². The molecule has 2 aromatic carbocycles. The SMILES string of the molecule is C#CCN(CC(=O)OC)C(=O)c1ccc(/C(=C\C)Cc2c[nH]c3ccccc23)cc1. The molecule has 0 unspecified atom stereocenters. The molecule has 5 heteroatoms. The third kappa shape index (κ3) is 4.61. The van der Waals surface area contributed by atoms with Crippen LogP contribution in [0.25, 0.3) is 16.5 Å². The highest BCUT2D eigenvalue weighted by Gasteiger charge is 2.18. The molecule has 1 amide bonds. The zero-order chi connectivity index (χ0) is 21.5. The summed E-state index contributed by atoms with van der Waals surface area (Å²) in [5.41, 5.74) is 5.00. The van der Waals surface area contributed by atoms with Crippen molar-refractivity contribution in [3.05, 3.63) is 77.5 Å². The van der Waals surface area contributed by atoms with E-state index >= 15 is 0 Å². The van der Waals surface area contributed by atoms with Crippen molar-refractivity contribution in [2.45, 2.75) is 13.3 Å². The van der Waals surface area contributed by atoms with Gasteiger partial charge in [-0.1, -0.05) is 42.3 Å². The van der Waals surface area contributed by atoms with Gasteiger partial charge < -0.3 is 14.6 Å². The van der Waals surface area contributed by atoms with Gasteiger partial charge in [-0.15, -0.1) is 6.42 Å². The molecule has 152 valence electrons. The Morgan fingerprint density at radius 1 is 1.13 bits per heavy atom. The molecule has 1 N–H and O–H groups in total. The van der Waals surface area contributed by atoms with Gasteiger partial charge in [0.05, 0.1) is 13.7 Å². The number of terminal acetylenes is 1. The Balaban J connectivity index is 1.78. The number of amides is 1. The Morgan fingerprint density at radius 2 is 1.83 bits per heavy atom. The van der Waals surface area contributed by atoms with E-state index < -0.39 is 5.97 Å². The molecule has 0 fully saturated rings. The number of para-hydroxylation sites is 1. The molecule has 3 aromatic rings. The summed E-state index contributed by atoms with van der Waals surface area (Å²) in [5.74, 6) is 1.60. The number of esters is 1. The Labute approximate surface area is 176 Å². The van der Waals surface area contributed by atoms with Crippen LogP contribution in [0.2, 0.25) is 0 Å². The third-order valence-corrected chi connectivity index (χ3v) is 5.02. The number of carbonyl (C=O) groups is 2. The van der Waals surface area contributed by atoms with Crippen molar-refractivity contribution in [1.29, 1.82) is 0 Å². The fraction of sp³-hybridized carbons (Fsp3) is 0.200. The molecule has 0 spiro atoms. The molecule has 0 aliphatic carbocycles. The van der Waals surface area contributed by atoms with Gasteiger partial charge in [0.2, 0.25) is 0 Å². The van der Waals surface area contributed by atoms with Gasteiger partial charge in [0.25, 0.3) is 5.91 Å². The van der Waals surface area contributed by atoms with Crippen LogP contribution in [0, 0.1) is 12.3 Å². The molecule has 1 heterocycles. The number of allylic oxidation sites excluding steroid dienone is 2. The highest BCUT2D eigenvalue weighted by Crippen LogP contribution is 2.25. The Morgan fingerprint density at radius 3 is 2.50 bits per heavy atom. The van der Waals surface area contributed by atoms with Crippen molar-refractivity contribution in [2.24, 2.45) is 0 Å². The lowest BCUT2D eigenvalue weighted by molar-refractivity contribution is -0.141. The molecule has 0 saturated heterocycles. The summed E-state index contributed by atoms with van der Waals surface area (Å²) >= 11 is 0. The molecular formula is C25H24N2O3. The number of hydrogen-bond acceptors (Lipinski definition) is 3. The highest BCUT2D eigenvalue weighted by atomic mass is 16.5. The topological polar surface area (TPSA) is 62.4 Å². The van der Waals surface area contributed by atoms with E-state index in [4.69, 9.17) is 6.42 Å². The first kappa shape index (κ1) is 20.9. The average molecular weight is 400 g/mol. The van der Waals surface area contributed by atoms with Crippen LogP contribution < -0.4 is 0 Å². The number of carbonyl (C=O) groups excluding carboxylic acids is 2. The van der Waals surface area contributed by atoms with Gasteiger partial charge in [0.1, 0.15) is 6.54 Å². The summed E-state index contributed by atoms with van der Waals surface area (Å²) in [5, 5.41) is 1.20. The van der Waals surface area contributed by atoms with Crippen molar-refractivity contribution in [3.63, 3.8) is 0 Å². The number of fused-ring (bicyclic) bond motifs is 1. The van der Waals surface area contributed by atoms with Gasteiger partial charge in [-0.3, -0.25) is 9.59 Å². The summed E-state index contributed by atoms with van der Waals surface area (Å²) < 4.78 is 4.65. The molecule has 0 saturated carbocycles. The fourth-order valence-corrected chi connectivity index (χ4v) is 3.39. The number of methoxy groups -OCH3 is 1. The van der Waals surface area contributed by atoms with Gasteiger partial charge >= 0.3 is 5.97 Å². The number of nitrogens with zero attached hydrogens (tertiary/aromatic N) is 1. The molecule has 0 aliphatic rings. The second-order valence-corrected chi connectivity index (χ2v) is 6.87. The minimum Gasteiger partial charge on any atom is -0.468 e. The van der Waals surface area contributed by atoms with Crippen LogP contribution in [0.1, 0.15) is 28.4 Å². The summed E-state index contributed by atoms with van der Waals surface area (Å²) in [6, 6.07) is 15.6. The summed E-state index contributed by atoms with van der Waals surface area (Å²) in [7, 11) is 1.28. The van der Waals surface area contributed by atoms with E-state index in [1.54, 1.807) is 12.1 Å². The van der Waals surface area contributed by atoms with Crippen LogP contribution in [0.4, 0.5) is 0 Å².